The topological polar surface area (TPSA) is 192 Å². The summed E-state index contributed by atoms with van der Waals surface area (Å²) < 4.78 is 20.6. The van der Waals surface area contributed by atoms with Crippen molar-refractivity contribution >= 4 is 11.9 Å². The highest BCUT2D eigenvalue weighted by molar-refractivity contribution is 5.89. The van der Waals surface area contributed by atoms with Gasteiger partial charge in [0.05, 0.1) is 12.5 Å². The molecule has 3 unspecified atom stereocenters. The third kappa shape index (κ3) is 6.14. The van der Waals surface area contributed by atoms with Crippen LogP contribution in [0.25, 0.3) is 0 Å². The van der Waals surface area contributed by atoms with E-state index in [0.717, 1.165) is 12.8 Å². The van der Waals surface area contributed by atoms with Crippen LogP contribution in [0.15, 0.2) is 11.5 Å². The monoisotopic (exact) mass is 478 g/mol. The van der Waals surface area contributed by atoms with Crippen LogP contribution in [-0.2, 0) is 28.5 Å². The van der Waals surface area contributed by atoms with Crippen molar-refractivity contribution in [3.8, 4) is 0 Å². The Hall–Kier alpha value is -1.96. The number of hydrogen-bond acceptors (Lipinski definition) is 12. The first-order chi connectivity index (χ1) is 15.6. The maximum atomic E-state index is 12.4. The molecule has 8 atom stereocenters. The molecule has 0 saturated carbocycles. The van der Waals surface area contributed by atoms with Gasteiger partial charge in [0.2, 0.25) is 12.0 Å². The molecular weight excluding hydrogens is 444 g/mol. The molecule has 2 rings (SSSR count). The molecule has 0 radical (unpaired) electrons. The van der Waals surface area contributed by atoms with Gasteiger partial charge in [0.15, 0.2) is 11.9 Å². The fourth-order valence-corrected chi connectivity index (χ4v) is 3.75. The number of esters is 2. The van der Waals surface area contributed by atoms with E-state index in [4.69, 9.17) is 18.9 Å². The van der Waals surface area contributed by atoms with Gasteiger partial charge in [-0.3, -0.25) is 4.79 Å². The second-order valence-corrected chi connectivity index (χ2v) is 8.26. The second-order valence-electron chi connectivity index (χ2n) is 8.26. The van der Waals surface area contributed by atoms with E-state index < -0.39 is 79.1 Å². The first kappa shape index (κ1) is 27.3. The Labute approximate surface area is 191 Å². The molecule has 33 heavy (non-hydrogen) atoms. The Bertz CT molecular complexity index is 701. The van der Waals surface area contributed by atoms with E-state index in [1.165, 1.54) is 6.92 Å². The van der Waals surface area contributed by atoms with E-state index in [1.54, 1.807) is 0 Å². The highest BCUT2D eigenvalue weighted by atomic mass is 16.7. The fourth-order valence-electron chi connectivity index (χ4n) is 3.75. The summed E-state index contributed by atoms with van der Waals surface area (Å²) in [5, 5.41) is 59.9. The predicted octanol–water partition coefficient (Wildman–Crippen LogP) is -0.993. The predicted molar refractivity (Wildman–Crippen MR) is 109 cm³/mol. The lowest BCUT2D eigenvalue weighted by molar-refractivity contribution is -0.291. The zero-order valence-corrected chi connectivity index (χ0v) is 18.9. The normalized spacial score (nSPS) is 32.0. The lowest BCUT2D eigenvalue weighted by atomic mass is 9.98. The maximum absolute atomic E-state index is 12.4. The van der Waals surface area contributed by atoms with Gasteiger partial charge < -0.3 is 49.6 Å². The summed E-state index contributed by atoms with van der Waals surface area (Å²) >= 11 is 0. The molecule has 2 heterocycles. The third-order valence-electron chi connectivity index (χ3n) is 5.70. The molecule has 0 aliphatic carbocycles. The van der Waals surface area contributed by atoms with E-state index in [9.17, 15) is 40.2 Å². The van der Waals surface area contributed by atoms with Crippen LogP contribution in [0, 0.1) is 5.92 Å². The van der Waals surface area contributed by atoms with E-state index >= 15 is 0 Å². The smallest absolute Gasteiger partial charge is 0.378 e. The number of carbonyl (C=O) groups excluding carboxylic acids is 2. The second kappa shape index (κ2) is 12.0. The van der Waals surface area contributed by atoms with Crippen LogP contribution in [-0.4, -0.2) is 98.2 Å². The lowest BCUT2D eigenvalue weighted by Gasteiger charge is -2.39. The molecule has 2 aliphatic heterocycles. The highest BCUT2D eigenvalue weighted by Gasteiger charge is 2.49. The van der Waals surface area contributed by atoms with E-state index in [1.807, 2.05) is 13.8 Å². The summed E-state index contributed by atoms with van der Waals surface area (Å²) in [5.41, 5.74) is 0. The van der Waals surface area contributed by atoms with Gasteiger partial charge in [0, 0.05) is 0 Å². The molecule has 0 amide bonds. The Morgan fingerprint density at radius 1 is 1.09 bits per heavy atom. The van der Waals surface area contributed by atoms with Crippen molar-refractivity contribution < 1.29 is 59.2 Å². The van der Waals surface area contributed by atoms with Crippen LogP contribution in [0.3, 0.4) is 0 Å². The van der Waals surface area contributed by atoms with Crippen LogP contribution in [0.2, 0.25) is 0 Å². The van der Waals surface area contributed by atoms with Crippen LogP contribution in [0.5, 0.6) is 0 Å². The summed E-state index contributed by atoms with van der Waals surface area (Å²) in [6.45, 7) is 4.54. The molecule has 12 heteroatoms. The molecule has 0 aromatic rings. The molecule has 2 aliphatic rings. The zero-order chi connectivity index (χ0) is 24.9. The average molecular weight is 478 g/mol. The Balaban J connectivity index is 2.09. The Kier molecular flexibility index (Phi) is 9.88. The number of carbonyl (C=O) groups is 2. The van der Waals surface area contributed by atoms with E-state index in [-0.39, 0.29) is 5.92 Å². The lowest BCUT2D eigenvalue weighted by Crippen LogP contribution is -2.59. The number of aliphatic hydroxyl groups is 6. The first-order valence-corrected chi connectivity index (χ1v) is 11.1. The number of cyclic esters (lactones) is 1. The van der Waals surface area contributed by atoms with Gasteiger partial charge in [0.25, 0.3) is 0 Å². The van der Waals surface area contributed by atoms with E-state index in [2.05, 4.69) is 0 Å². The zero-order valence-electron chi connectivity index (χ0n) is 18.9. The summed E-state index contributed by atoms with van der Waals surface area (Å²) in [5.74, 6) is -3.66. The Morgan fingerprint density at radius 2 is 1.70 bits per heavy atom. The Morgan fingerprint density at radius 3 is 2.24 bits per heavy atom. The van der Waals surface area contributed by atoms with Crippen molar-refractivity contribution in [2.75, 3.05) is 6.61 Å². The van der Waals surface area contributed by atoms with Crippen molar-refractivity contribution in [2.45, 2.75) is 95.5 Å². The largest absolute Gasteiger partial charge is 0.505 e. The highest BCUT2D eigenvalue weighted by Crippen LogP contribution is 2.31. The minimum absolute atomic E-state index is 0.338. The standard InChI is InChI=1S/C21H34O12/c1-4-6-10(7-5-2)19(28)30-9(3)12(23)17-16(27)18(20(29)32-17)33-21-15(26)14(25)13(24)11(8-22)31-21/h9-15,17,21-27H,4-8H2,1-3H3/t9?,11-,12+,13-,14+,15-,17?,21?/m1/s1. The van der Waals surface area contributed by atoms with Crippen molar-refractivity contribution in [2.24, 2.45) is 5.92 Å². The van der Waals surface area contributed by atoms with Gasteiger partial charge in [-0.25, -0.2) is 4.79 Å². The SMILES string of the molecule is CCCC(CCC)C(=O)OC(C)[C@H](O)C1OC(=O)C(OC2O[C@H](CO)[C@@H](O)[C@H](O)[C@H]2O)=C1O. The van der Waals surface area contributed by atoms with Crippen LogP contribution in [0.1, 0.15) is 46.5 Å². The molecule has 6 N–H and O–H groups in total. The molecule has 0 bridgehead atoms. The fraction of sp³-hybridized carbons (Fsp3) is 0.810. The first-order valence-electron chi connectivity index (χ1n) is 11.1. The molecule has 12 nitrogen and oxygen atoms in total. The maximum Gasteiger partial charge on any atom is 0.378 e. The number of hydrogen-bond donors (Lipinski definition) is 6. The summed E-state index contributed by atoms with van der Waals surface area (Å²) in [6.07, 6.45) is -9.85. The van der Waals surface area contributed by atoms with Crippen molar-refractivity contribution in [3.63, 3.8) is 0 Å². The van der Waals surface area contributed by atoms with Crippen molar-refractivity contribution in [3.05, 3.63) is 11.5 Å². The summed E-state index contributed by atoms with van der Waals surface area (Å²) in [6, 6.07) is 0. The third-order valence-corrected chi connectivity index (χ3v) is 5.70. The molecule has 0 spiro atoms. The number of ether oxygens (including phenoxy) is 4. The minimum atomic E-state index is -1.83. The number of rotatable bonds is 11. The van der Waals surface area contributed by atoms with Crippen LogP contribution >= 0.6 is 0 Å². The molecule has 190 valence electrons. The van der Waals surface area contributed by atoms with Gasteiger partial charge >= 0.3 is 11.9 Å². The molecule has 1 saturated heterocycles. The van der Waals surface area contributed by atoms with Gasteiger partial charge in [0.1, 0.15) is 36.6 Å². The molecule has 0 aromatic carbocycles. The van der Waals surface area contributed by atoms with Crippen molar-refractivity contribution in [1.29, 1.82) is 0 Å². The summed E-state index contributed by atoms with van der Waals surface area (Å²) in [4.78, 5) is 24.6. The van der Waals surface area contributed by atoms with Gasteiger partial charge in [-0.15, -0.1) is 0 Å². The van der Waals surface area contributed by atoms with Gasteiger partial charge in [-0.2, -0.15) is 0 Å². The van der Waals surface area contributed by atoms with E-state index in [0.29, 0.717) is 12.8 Å². The molecule has 1 fully saturated rings. The number of aliphatic hydroxyl groups excluding tert-OH is 6. The van der Waals surface area contributed by atoms with Crippen LogP contribution < -0.4 is 0 Å². The minimum Gasteiger partial charge on any atom is -0.505 e. The van der Waals surface area contributed by atoms with Gasteiger partial charge in [-0.1, -0.05) is 26.7 Å². The molecule has 0 aromatic heterocycles. The average Bonchev–Trinajstić information content (AvgIpc) is 3.06. The quantitative estimate of drug-likeness (QED) is 0.199. The molecular formula is C21H34O12. The van der Waals surface area contributed by atoms with Crippen molar-refractivity contribution in [1.82, 2.24) is 0 Å². The van der Waals surface area contributed by atoms with Gasteiger partial charge in [-0.05, 0) is 19.8 Å². The summed E-state index contributed by atoms with van der Waals surface area (Å²) in [7, 11) is 0. The van der Waals surface area contributed by atoms with Crippen LogP contribution in [0.4, 0.5) is 0 Å².